The van der Waals surface area contributed by atoms with E-state index in [0.29, 0.717) is 11.5 Å². The summed E-state index contributed by atoms with van der Waals surface area (Å²) < 4.78 is 6.04. The fourth-order valence-corrected chi connectivity index (χ4v) is 5.59. The second-order valence-electron chi connectivity index (χ2n) is 7.84. The topological polar surface area (TPSA) is 101 Å². The van der Waals surface area contributed by atoms with Crippen molar-refractivity contribution in [1.82, 2.24) is 10.2 Å². The molecule has 9 heteroatoms. The summed E-state index contributed by atoms with van der Waals surface area (Å²) in [5, 5.41) is 18.3. The Labute approximate surface area is 183 Å². The molecule has 1 unspecified atom stereocenters. The van der Waals surface area contributed by atoms with Gasteiger partial charge in [0, 0.05) is 35.7 Å². The highest BCUT2D eigenvalue weighted by atomic mass is 32.1. The maximum atomic E-state index is 12.9. The summed E-state index contributed by atoms with van der Waals surface area (Å²) in [6.07, 6.45) is 0.425. The van der Waals surface area contributed by atoms with E-state index in [-0.39, 0.29) is 11.6 Å². The number of amides is 1. The largest absolute Gasteiger partial charge is 0.457 e. The summed E-state index contributed by atoms with van der Waals surface area (Å²) in [4.78, 5) is 27.1. The summed E-state index contributed by atoms with van der Waals surface area (Å²) in [7, 11) is 0. The van der Waals surface area contributed by atoms with Crippen molar-refractivity contribution in [3.05, 3.63) is 67.8 Å². The highest BCUT2D eigenvalue weighted by Gasteiger charge is 2.34. The van der Waals surface area contributed by atoms with Crippen molar-refractivity contribution in [3.8, 4) is 11.3 Å². The first-order valence-corrected chi connectivity index (χ1v) is 11.1. The Morgan fingerprint density at radius 2 is 2.13 bits per heavy atom. The normalized spacial score (nSPS) is 18.1. The number of benzene rings is 1. The van der Waals surface area contributed by atoms with Gasteiger partial charge in [0.25, 0.3) is 11.6 Å². The monoisotopic (exact) mass is 438 g/mol. The van der Waals surface area contributed by atoms with Gasteiger partial charge < -0.3 is 15.1 Å². The minimum atomic E-state index is -0.463. The van der Waals surface area contributed by atoms with Crippen LogP contribution >= 0.6 is 11.3 Å². The molecule has 0 spiro atoms. The van der Waals surface area contributed by atoms with Crippen molar-refractivity contribution in [3.63, 3.8) is 0 Å². The van der Waals surface area contributed by atoms with E-state index in [2.05, 4.69) is 22.5 Å². The van der Waals surface area contributed by atoms with Crippen LogP contribution in [0.25, 0.3) is 11.3 Å². The Balaban J connectivity index is 1.41. The summed E-state index contributed by atoms with van der Waals surface area (Å²) in [5.74, 6) is 1.12. The van der Waals surface area contributed by atoms with E-state index < -0.39 is 11.1 Å². The summed E-state index contributed by atoms with van der Waals surface area (Å²) in [6.45, 7) is 6.82. The zero-order valence-corrected chi connectivity index (χ0v) is 18.0. The molecule has 5 rings (SSSR count). The number of carbonyl (C=O) groups excluding carboxylic acids is 1. The van der Waals surface area contributed by atoms with Gasteiger partial charge in [-0.25, -0.2) is 0 Å². The van der Waals surface area contributed by atoms with Crippen LogP contribution in [-0.2, 0) is 13.0 Å². The molecule has 0 fully saturated rings. The van der Waals surface area contributed by atoms with Crippen molar-refractivity contribution in [2.24, 2.45) is 0 Å². The molecule has 0 saturated carbocycles. The number of thiophene rings is 1. The van der Waals surface area contributed by atoms with Crippen LogP contribution in [0, 0.1) is 17.0 Å². The number of nitrogens with one attached hydrogen (secondary N) is 2. The number of nitro benzene ring substituents is 1. The molecule has 0 aliphatic carbocycles. The van der Waals surface area contributed by atoms with Gasteiger partial charge in [-0.3, -0.25) is 19.8 Å². The number of hydrogen-bond acceptors (Lipinski definition) is 7. The van der Waals surface area contributed by atoms with E-state index in [1.165, 1.54) is 17.0 Å². The van der Waals surface area contributed by atoms with Crippen LogP contribution in [0.4, 0.5) is 10.7 Å². The van der Waals surface area contributed by atoms with Crippen molar-refractivity contribution in [2.45, 2.75) is 33.0 Å². The van der Waals surface area contributed by atoms with Crippen molar-refractivity contribution in [2.75, 3.05) is 18.4 Å². The number of nitro groups is 1. The first-order chi connectivity index (χ1) is 14.9. The molecule has 0 bridgehead atoms. The minimum absolute atomic E-state index is 0.0464. The summed E-state index contributed by atoms with van der Waals surface area (Å²) >= 11 is 1.65. The number of furan rings is 1. The fraction of sp³-hybridized carbons (Fsp3) is 0.318. The number of aryl methyl sites for hydroxylation is 1. The number of likely N-dealkylation sites (N-methyl/N-ethyl adjacent to an activating group) is 1. The van der Waals surface area contributed by atoms with Gasteiger partial charge in [0.05, 0.1) is 10.5 Å². The molecular weight excluding hydrogens is 416 g/mol. The number of carbonyl (C=O) groups is 1. The molecule has 3 aromatic rings. The van der Waals surface area contributed by atoms with Crippen LogP contribution in [0.2, 0.25) is 0 Å². The average molecular weight is 439 g/mol. The predicted octanol–water partition coefficient (Wildman–Crippen LogP) is 4.46. The van der Waals surface area contributed by atoms with Crippen LogP contribution in [0.3, 0.4) is 0 Å². The smallest absolute Gasteiger partial charge is 0.269 e. The lowest BCUT2D eigenvalue weighted by Gasteiger charge is -2.27. The maximum Gasteiger partial charge on any atom is 0.269 e. The molecule has 0 saturated heterocycles. The third-order valence-corrected chi connectivity index (χ3v) is 7.11. The molecule has 1 aromatic carbocycles. The van der Waals surface area contributed by atoms with E-state index >= 15 is 0 Å². The first-order valence-electron chi connectivity index (χ1n) is 10.2. The van der Waals surface area contributed by atoms with Crippen LogP contribution in [0.1, 0.15) is 45.2 Å². The van der Waals surface area contributed by atoms with Gasteiger partial charge in [0.15, 0.2) is 6.17 Å². The molecule has 2 aliphatic heterocycles. The number of hydrogen-bond donors (Lipinski definition) is 2. The van der Waals surface area contributed by atoms with Gasteiger partial charge >= 0.3 is 0 Å². The van der Waals surface area contributed by atoms with Gasteiger partial charge in [-0.15, -0.1) is 11.3 Å². The third-order valence-electron chi connectivity index (χ3n) is 5.96. The molecule has 0 radical (unpaired) electrons. The fourth-order valence-electron chi connectivity index (χ4n) is 4.27. The van der Waals surface area contributed by atoms with Crippen LogP contribution in [0.5, 0.6) is 0 Å². The van der Waals surface area contributed by atoms with Crippen LogP contribution < -0.4 is 10.6 Å². The van der Waals surface area contributed by atoms with E-state index in [1.807, 2.05) is 19.1 Å². The molecule has 2 aromatic heterocycles. The van der Waals surface area contributed by atoms with E-state index in [0.717, 1.165) is 53.3 Å². The van der Waals surface area contributed by atoms with E-state index in [9.17, 15) is 14.9 Å². The molecule has 4 heterocycles. The van der Waals surface area contributed by atoms with Gasteiger partial charge in [-0.2, -0.15) is 0 Å². The number of anilines is 1. The predicted molar refractivity (Wildman–Crippen MR) is 118 cm³/mol. The molecule has 2 aliphatic rings. The first kappa shape index (κ1) is 19.8. The Bertz CT molecular complexity index is 1200. The van der Waals surface area contributed by atoms with Crippen LogP contribution in [0.15, 0.2) is 34.7 Å². The van der Waals surface area contributed by atoms with Crippen molar-refractivity contribution < 1.29 is 14.1 Å². The standard InChI is InChI=1S/C22H22N4O4S/c1-3-25-9-8-15-18(11-25)31-22-19(15)21(27)23-20(24-22)17-7-6-16(30-17)14-5-4-13(26(28)29)10-12(14)2/h4-7,10,20,24H,3,8-9,11H2,1-2H3,(H,23,27). The van der Waals surface area contributed by atoms with E-state index in [4.69, 9.17) is 4.42 Å². The molecule has 31 heavy (non-hydrogen) atoms. The summed E-state index contributed by atoms with van der Waals surface area (Å²) in [5.41, 5.74) is 3.51. The highest BCUT2D eigenvalue weighted by molar-refractivity contribution is 7.16. The maximum absolute atomic E-state index is 12.9. The summed E-state index contributed by atoms with van der Waals surface area (Å²) in [6, 6.07) is 8.33. The van der Waals surface area contributed by atoms with Crippen molar-refractivity contribution in [1.29, 1.82) is 0 Å². The number of nitrogens with zero attached hydrogens (tertiary/aromatic N) is 2. The number of fused-ring (bicyclic) bond motifs is 3. The Hall–Kier alpha value is -3.17. The van der Waals surface area contributed by atoms with Gasteiger partial charge in [0.2, 0.25) is 0 Å². The van der Waals surface area contributed by atoms with E-state index in [1.54, 1.807) is 17.4 Å². The second-order valence-corrected chi connectivity index (χ2v) is 8.94. The second kappa shape index (κ2) is 7.51. The Morgan fingerprint density at radius 3 is 2.87 bits per heavy atom. The average Bonchev–Trinajstić information content (AvgIpc) is 3.37. The number of rotatable bonds is 4. The SMILES string of the molecule is CCN1CCc2c(sc3c2C(=O)NC(c2ccc(-c4ccc([N+](=O)[O-])cc4C)o2)N3)C1. The third kappa shape index (κ3) is 3.39. The molecular formula is C22H22N4O4S. The highest BCUT2D eigenvalue weighted by Crippen LogP contribution is 2.41. The molecule has 1 atom stereocenters. The van der Waals surface area contributed by atoms with Gasteiger partial charge in [-0.05, 0) is 49.2 Å². The lowest BCUT2D eigenvalue weighted by molar-refractivity contribution is -0.384. The van der Waals surface area contributed by atoms with Gasteiger partial charge in [-0.1, -0.05) is 6.92 Å². The Kier molecular flexibility index (Phi) is 4.79. The molecule has 1 amide bonds. The Morgan fingerprint density at radius 1 is 1.29 bits per heavy atom. The molecule has 8 nitrogen and oxygen atoms in total. The number of non-ortho nitro benzene ring substituents is 1. The van der Waals surface area contributed by atoms with Gasteiger partial charge in [0.1, 0.15) is 16.5 Å². The lowest BCUT2D eigenvalue weighted by Crippen LogP contribution is -2.38. The zero-order valence-electron chi connectivity index (χ0n) is 17.2. The molecule has 2 N–H and O–H groups in total. The zero-order chi connectivity index (χ0) is 21.7. The lowest BCUT2D eigenvalue weighted by atomic mass is 10.0. The molecule has 160 valence electrons. The minimum Gasteiger partial charge on any atom is -0.457 e. The van der Waals surface area contributed by atoms with Crippen LogP contribution in [-0.4, -0.2) is 28.8 Å². The quantitative estimate of drug-likeness (QED) is 0.461. The van der Waals surface area contributed by atoms with Crippen molar-refractivity contribution >= 4 is 27.9 Å².